The molecule has 2 rings (SSSR count). The Morgan fingerprint density at radius 2 is 1.04 bits per heavy atom. The summed E-state index contributed by atoms with van der Waals surface area (Å²) in [4.78, 5) is -0.000465. The zero-order valence-electron chi connectivity index (χ0n) is 15.2. The van der Waals surface area contributed by atoms with Crippen LogP contribution in [0.25, 0.3) is 0 Å². The third-order valence-corrected chi connectivity index (χ3v) is 7.49. The molecule has 0 spiro atoms. The van der Waals surface area contributed by atoms with Gasteiger partial charge >= 0.3 is 12.4 Å². The summed E-state index contributed by atoms with van der Waals surface area (Å²) in [5.41, 5.74) is -5.00. The highest BCUT2D eigenvalue weighted by molar-refractivity contribution is 7.92. The summed E-state index contributed by atoms with van der Waals surface area (Å²) < 4.78 is 104. The van der Waals surface area contributed by atoms with E-state index < -0.39 is 37.9 Å². The summed E-state index contributed by atoms with van der Waals surface area (Å²) >= 11 is 0. The van der Waals surface area contributed by atoms with Crippen molar-refractivity contribution in [2.75, 3.05) is 0 Å². The van der Waals surface area contributed by atoms with Crippen LogP contribution >= 0.6 is 0 Å². The fraction of sp³-hybridized carbons (Fsp3) is 0.368. The second-order valence-corrected chi connectivity index (χ2v) is 9.52. The molecule has 0 bridgehead atoms. The van der Waals surface area contributed by atoms with Gasteiger partial charge in [0.1, 0.15) is 0 Å². The lowest BCUT2D eigenvalue weighted by molar-refractivity contribution is -0.297. The molecule has 0 atom stereocenters. The van der Waals surface area contributed by atoms with Gasteiger partial charge < -0.3 is 0 Å². The fourth-order valence-corrected chi connectivity index (χ4v) is 4.29. The Hall–Kier alpha value is -2.03. The van der Waals surface area contributed by atoms with Gasteiger partial charge in [-0.3, -0.25) is 0 Å². The van der Waals surface area contributed by atoms with Crippen LogP contribution in [0.2, 0.25) is 0 Å². The van der Waals surface area contributed by atoms with Gasteiger partial charge in [0.15, 0.2) is 15.3 Å². The van der Waals surface area contributed by atoms with Crippen LogP contribution in [0.5, 0.6) is 0 Å². The molecule has 0 saturated heterocycles. The molecule has 2 aromatic rings. The van der Waals surface area contributed by atoms with Gasteiger partial charge in [-0.15, -0.1) is 0 Å². The molecule has 9 heteroatoms. The Kier molecular flexibility index (Phi) is 5.40. The molecule has 0 aliphatic carbocycles. The summed E-state index contributed by atoms with van der Waals surface area (Å²) in [6.07, 6.45) is -11.1. The minimum Gasteiger partial charge on any atom is -0.223 e. The van der Waals surface area contributed by atoms with Crippen LogP contribution in [-0.2, 0) is 20.0 Å². The second-order valence-electron chi connectivity index (χ2n) is 7.02. The average molecular weight is 424 g/mol. The molecule has 28 heavy (non-hydrogen) atoms. The standard InChI is InChI=1S/C19H18F6O2S/c1-16(2,28(26,27)15-7-5-4-6-8-15)13-9-11-14(12-10-13)17(3,18(20,21)22)19(23,24)25/h4-12H,1-3H3. The van der Waals surface area contributed by atoms with Gasteiger partial charge in [-0.05, 0) is 44.0 Å². The predicted molar refractivity (Wildman–Crippen MR) is 92.6 cm³/mol. The van der Waals surface area contributed by atoms with Crippen LogP contribution in [0.1, 0.15) is 31.9 Å². The molecule has 0 aromatic heterocycles. The Labute approximate surface area is 159 Å². The van der Waals surface area contributed by atoms with E-state index in [0.29, 0.717) is 12.1 Å². The van der Waals surface area contributed by atoms with Crippen LogP contribution in [0.3, 0.4) is 0 Å². The third-order valence-electron chi connectivity index (χ3n) is 5.02. The summed E-state index contributed by atoms with van der Waals surface area (Å²) in [6.45, 7) is 2.75. The first-order chi connectivity index (χ1) is 12.6. The van der Waals surface area contributed by atoms with Crippen LogP contribution in [0.4, 0.5) is 26.3 Å². The maximum Gasteiger partial charge on any atom is 0.406 e. The second kappa shape index (κ2) is 6.79. The number of hydrogen-bond acceptors (Lipinski definition) is 2. The quantitative estimate of drug-likeness (QED) is 0.584. The minimum atomic E-state index is -5.57. The first-order valence-corrected chi connectivity index (χ1v) is 9.59. The maximum absolute atomic E-state index is 13.2. The van der Waals surface area contributed by atoms with E-state index in [-0.39, 0.29) is 17.4 Å². The summed E-state index contributed by atoms with van der Waals surface area (Å²) in [7, 11) is -3.94. The van der Waals surface area contributed by atoms with Gasteiger partial charge in [0.25, 0.3) is 0 Å². The van der Waals surface area contributed by atoms with Crippen LogP contribution in [0.15, 0.2) is 59.5 Å². The summed E-state index contributed by atoms with van der Waals surface area (Å²) in [6, 6.07) is 10.7. The topological polar surface area (TPSA) is 34.1 Å². The lowest BCUT2D eigenvalue weighted by Crippen LogP contribution is -2.51. The zero-order valence-corrected chi connectivity index (χ0v) is 16.0. The molecule has 2 nitrogen and oxygen atoms in total. The van der Waals surface area contributed by atoms with E-state index in [9.17, 15) is 34.8 Å². The lowest BCUT2D eigenvalue weighted by Gasteiger charge is -2.35. The van der Waals surface area contributed by atoms with E-state index in [0.717, 1.165) is 12.1 Å². The minimum absolute atomic E-state index is 0.000465. The summed E-state index contributed by atoms with van der Waals surface area (Å²) in [5, 5.41) is 0. The Bertz CT molecular complexity index is 913. The first-order valence-electron chi connectivity index (χ1n) is 8.11. The number of rotatable bonds is 4. The SMILES string of the molecule is CC(c1ccc(C(C)(C)S(=O)(=O)c2ccccc2)cc1)(C(F)(F)F)C(F)(F)F. The monoisotopic (exact) mass is 424 g/mol. The Balaban J connectivity index is 2.55. The van der Waals surface area contributed by atoms with Gasteiger partial charge in [0, 0.05) is 0 Å². The van der Waals surface area contributed by atoms with Gasteiger partial charge in [0.2, 0.25) is 0 Å². The molecule has 0 N–H and O–H groups in total. The van der Waals surface area contributed by atoms with Gasteiger partial charge in [-0.1, -0.05) is 42.5 Å². The number of benzene rings is 2. The molecule has 0 heterocycles. The van der Waals surface area contributed by atoms with Crippen molar-refractivity contribution >= 4 is 9.84 Å². The summed E-state index contributed by atoms with van der Waals surface area (Å²) in [5.74, 6) is 0. The van der Waals surface area contributed by atoms with Gasteiger partial charge in [-0.2, -0.15) is 26.3 Å². The molecule has 0 aliphatic rings. The number of hydrogen-bond donors (Lipinski definition) is 0. The number of halogens is 6. The van der Waals surface area contributed by atoms with Crippen molar-refractivity contribution in [2.45, 2.75) is 48.2 Å². The zero-order chi connectivity index (χ0) is 21.6. The van der Waals surface area contributed by atoms with Crippen molar-refractivity contribution in [3.05, 3.63) is 65.7 Å². The fourth-order valence-electron chi connectivity index (χ4n) is 2.74. The van der Waals surface area contributed by atoms with E-state index >= 15 is 0 Å². The Morgan fingerprint density at radius 1 is 0.643 bits per heavy atom. The third kappa shape index (κ3) is 3.40. The van der Waals surface area contributed by atoms with Crippen LogP contribution < -0.4 is 0 Å². The van der Waals surface area contributed by atoms with E-state index in [1.165, 1.54) is 38.1 Å². The van der Waals surface area contributed by atoms with E-state index in [4.69, 9.17) is 0 Å². The van der Waals surface area contributed by atoms with E-state index in [1.807, 2.05) is 0 Å². The highest BCUT2D eigenvalue weighted by Gasteiger charge is 2.68. The van der Waals surface area contributed by atoms with Crippen molar-refractivity contribution in [3.63, 3.8) is 0 Å². The van der Waals surface area contributed by atoms with Crippen molar-refractivity contribution in [1.29, 1.82) is 0 Å². The molecule has 0 unspecified atom stereocenters. The average Bonchev–Trinajstić information content (AvgIpc) is 2.59. The first kappa shape index (κ1) is 22.3. The van der Waals surface area contributed by atoms with Crippen molar-refractivity contribution < 1.29 is 34.8 Å². The predicted octanol–water partition coefficient (Wildman–Crippen LogP) is 5.78. The normalized spacial score (nSPS) is 14.2. The number of alkyl halides is 6. The number of sulfone groups is 1. The van der Waals surface area contributed by atoms with Gasteiger partial charge in [0.05, 0.1) is 9.64 Å². The highest BCUT2D eigenvalue weighted by atomic mass is 32.2. The van der Waals surface area contributed by atoms with E-state index in [2.05, 4.69) is 0 Å². The molecule has 2 aromatic carbocycles. The molecule has 0 amide bonds. The Morgan fingerprint density at radius 3 is 1.43 bits per heavy atom. The van der Waals surface area contributed by atoms with Gasteiger partial charge in [-0.25, -0.2) is 8.42 Å². The molecule has 0 radical (unpaired) electrons. The van der Waals surface area contributed by atoms with E-state index in [1.54, 1.807) is 6.07 Å². The van der Waals surface area contributed by atoms with Crippen molar-refractivity contribution in [1.82, 2.24) is 0 Å². The molecule has 0 saturated carbocycles. The molecule has 154 valence electrons. The van der Waals surface area contributed by atoms with Crippen molar-refractivity contribution in [3.8, 4) is 0 Å². The maximum atomic E-state index is 13.2. The molecule has 0 fully saturated rings. The van der Waals surface area contributed by atoms with Crippen LogP contribution in [0, 0.1) is 0 Å². The largest absolute Gasteiger partial charge is 0.406 e. The molecular weight excluding hydrogens is 406 g/mol. The molecule has 0 aliphatic heterocycles. The lowest BCUT2D eigenvalue weighted by atomic mass is 9.80. The highest BCUT2D eigenvalue weighted by Crippen LogP contribution is 2.52. The molecular formula is C19H18F6O2S. The van der Waals surface area contributed by atoms with Crippen molar-refractivity contribution in [2.24, 2.45) is 0 Å². The smallest absolute Gasteiger partial charge is 0.223 e. The van der Waals surface area contributed by atoms with Crippen LogP contribution in [-0.4, -0.2) is 20.8 Å².